The third-order valence-corrected chi connectivity index (χ3v) is 3.75. The number of hydrogen-bond donors (Lipinski definition) is 2. The lowest BCUT2D eigenvalue weighted by molar-refractivity contribution is -0.146. The normalized spacial score (nSPS) is 13.9. The fraction of sp³-hybridized carbons (Fsp3) is 0.353. The van der Waals surface area contributed by atoms with Gasteiger partial charge in [0.05, 0.1) is 19.1 Å². The van der Waals surface area contributed by atoms with Gasteiger partial charge >= 0.3 is 5.97 Å². The molecule has 0 radical (unpaired) electrons. The number of fused-ring (bicyclic) bond motifs is 1. The van der Waals surface area contributed by atoms with Crippen molar-refractivity contribution in [3.05, 3.63) is 42.0 Å². The average Bonchev–Trinajstić information content (AvgIpc) is 2.50. The van der Waals surface area contributed by atoms with Gasteiger partial charge in [-0.2, -0.15) is 0 Å². The van der Waals surface area contributed by atoms with Crippen LogP contribution in [0.3, 0.4) is 0 Å². The van der Waals surface area contributed by atoms with Crippen molar-refractivity contribution in [2.75, 3.05) is 7.11 Å². The molecule has 0 saturated heterocycles. The number of carboxylic acids is 1. The van der Waals surface area contributed by atoms with Gasteiger partial charge in [-0.1, -0.05) is 43.7 Å². The number of methoxy groups -OCH3 is 1. The Kier molecular flexibility index (Phi) is 4.81. The Balaban J connectivity index is 2.53. The lowest BCUT2D eigenvalue weighted by Crippen LogP contribution is -2.22. The van der Waals surface area contributed by atoms with Crippen LogP contribution in [-0.4, -0.2) is 23.3 Å². The highest BCUT2D eigenvalue weighted by Crippen LogP contribution is 2.35. The van der Waals surface area contributed by atoms with Crippen LogP contribution in [0.2, 0.25) is 0 Å². The van der Waals surface area contributed by atoms with Crippen LogP contribution in [0.5, 0.6) is 5.75 Å². The topological polar surface area (TPSA) is 66.8 Å². The lowest BCUT2D eigenvalue weighted by Gasteiger charge is -2.21. The molecule has 0 aliphatic heterocycles. The molecule has 0 saturated carbocycles. The lowest BCUT2D eigenvalue weighted by atomic mass is 9.89. The molecular weight excluding hydrogens is 268 g/mol. The summed E-state index contributed by atoms with van der Waals surface area (Å²) in [5.74, 6) is -1.06. The zero-order valence-electron chi connectivity index (χ0n) is 12.2. The molecule has 2 N–H and O–H groups in total. The fourth-order valence-electron chi connectivity index (χ4n) is 2.67. The molecule has 2 unspecified atom stereocenters. The predicted molar refractivity (Wildman–Crippen MR) is 81.5 cm³/mol. The SMILES string of the molecule is CCCC(C(=O)O)C(O)c1ccc(OC)c2ccccc12. The summed E-state index contributed by atoms with van der Waals surface area (Å²) in [6, 6.07) is 11.1. The third kappa shape index (κ3) is 3.00. The second kappa shape index (κ2) is 6.59. The van der Waals surface area contributed by atoms with Gasteiger partial charge in [-0.3, -0.25) is 4.79 Å². The van der Waals surface area contributed by atoms with E-state index in [4.69, 9.17) is 4.74 Å². The Morgan fingerprint density at radius 3 is 2.43 bits per heavy atom. The summed E-state index contributed by atoms with van der Waals surface area (Å²) in [6.45, 7) is 1.91. The van der Waals surface area contributed by atoms with Gasteiger partial charge in [-0.15, -0.1) is 0 Å². The third-order valence-electron chi connectivity index (χ3n) is 3.75. The molecule has 0 aromatic heterocycles. The summed E-state index contributed by atoms with van der Waals surface area (Å²) >= 11 is 0. The maximum absolute atomic E-state index is 11.4. The minimum Gasteiger partial charge on any atom is -0.496 e. The second-order valence-corrected chi connectivity index (χ2v) is 5.08. The summed E-state index contributed by atoms with van der Waals surface area (Å²) in [5.41, 5.74) is 0.632. The number of hydrogen-bond acceptors (Lipinski definition) is 3. The van der Waals surface area contributed by atoms with Crippen molar-refractivity contribution in [1.29, 1.82) is 0 Å². The first kappa shape index (κ1) is 15.3. The van der Waals surface area contributed by atoms with Crippen LogP contribution in [0.15, 0.2) is 36.4 Å². The highest BCUT2D eigenvalue weighted by Gasteiger charge is 2.28. The van der Waals surface area contributed by atoms with Gasteiger partial charge in [0, 0.05) is 5.39 Å². The van der Waals surface area contributed by atoms with Crippen LogP contribution >= 0.6 is 0 Å². The zero-order chi connectivity index (χ0) is 15.4. The average molecular weight is 288 g/mol. The molecule has 2 rings (SSSR count). The molecule has 21 heavy (non-hydrogen) atoms. The van der Waals surface area contributed by atoms with Crippen molar-refractivity contribution in [2.45, 2.75) is 25.9 Å². The Hall–Kier alpha value is -2.07. The number of aliphatic hydroxyl groups excluding tert-OH is 1. The number of aliphatic carboxylic acids is 1. The summed E-state index contributed by atoms with van der Waals surface area (Å²) in [7, 11) is 1.59. The Morgan fingerprint density at radius 2 is 1.86 bits per heavy atom. The fourth-order valence-corrected chi connectivity index (χ4v) is 2.67. The highest BCUT2D eigenvalue weighted by molar-refractivity contribution is 5.91. The smallest absolute Gasteiger partial charge is 0.309 e. The predicted octanol–water partition coefficient (Wildman–Crippen LogP) is 3.38. The standard InChI is InChI=1S/C17H20O4/c1-3-6-14(17(19)20)16(18)13-9-10-15(21-2)12-8-5-4-7-11(12)13/h4-5,7-10,14,16,18H,3,6H2,1-2H3,(H,19,20). The minimum absolute atomic E-state index is 0.441. The maximum Gasteiger partial charge on any atom is 0.309 e. The van der Waals surface area contributed by atoms with Crippen LogP contribution < -0.4 is 4.74 Å². The van der Waals surface area contributed by atoms with Gasteiger partial charge in [0.2, 0.25) is 0 Å². The summed E-state index contributed by atoms with van der Waals surface area (Å²) in [5, 5.41) is 21.5. The molecule has 0 aliphatic carbocycles. The van der Waals surface area contributed by atoms with Gasteiger partial charge in [0.1, 0.15) is 5.75 Å². The monoisotopic (exact) mass is 288 g/mol. The van der Waals surface area contributed by atoms with Crippen molar-refractivity contribution in [3.63, 3.8) is 0 Å². The summed E-state index contributed by atoms with van der Waals surface area (Å²) in [4.78, 5) is 11.4. The first-order valence-electron chi connectivity index (χ1n) is 7.06. The number of ether oxygens (including phenoxy) is 1. The number of carbonyl (C=O) groups is 1. The van der Waals surface area contributed by atoms with Crippen LogP contribution in [0.4, 0.5) is 0 Å². The molecule has 0 aliphatic rings. The van der Waals surface area contributed by atoms with Crippen molar-refractivity contribution in [1.82, 2.24) is 0 Å². The van der Waals surface area contributed by atoms with E-state index in [9.17, 15) is 15.0 Å². The molecule has 0 spiro atoms. The number of aliphatic hydroxyl groups is 1. The minimum atomic E-state index is -1.03. The van der Waals surface area contributed by atoms with Crippen molar-refractivity contribution < 1.29 is 19.7 Å². The molecule has 0 fully saturated rings. The first-order chi connectivity index (χ1) is 10.1. The molecule has 2 atom stereocenters. The number of rotatable bonds is 6. The second-order valence-electron chi connectivity index (χ2n) is 5.08. The zero-order valence-corrected chi connectivity index (χ0v) is 12.2. The van der Waals surface area contributed by atoms with Crippen LogP contribution in [0.25, 0.3) is 10.8 Å². The molecule has 0 heterocycles. The van der Waals surface area contributed by atoms with Crippen LogP contribution in [-0.2, 0) is 4.79 Å². The highest BCUT2D eigenvalue weighted by atomic mass is 16.5. The molecule has 112 valence electrons. The van der Waals surface area contributed by atoms with Crippen molar-refractivity contribution in [3.8, 4) is 5.75 Å². The summed E-state index contributed by atoms with van der Waals surface area (Å²) in [6.07, 6.45) is 0.122. The van der Waals surface area contributed by atoms with Crippen LogP contribution in [0, 0.1) is 5.92 Å². The number of benzene rings is 2. The van der Waals surface area contributed by atoms with Gasteiger partial charge in [0.15, 0.2) is 0 Å². The Morgan fingerprint density at radius 1 is 1.19 bits per heavy atom. The van der Waals surface area contributed by atoms with E-state index in [1.54, 1.807) is 19.2 Å². The van der Waals surface area contributed by atoms with E-state index in [2.05, 4.69) is 0 Å². The molecular formula is C17H20O4. The van der Waals surface area contributed by atoms with E-state index in [0.29, 0.717) is 24.2 Å². The molecule has 2 aromatic rings. The van der Waals surface area contributed by atoms with Crippen molar-refractivity contribution in [2.24, 2.45) is 5.92 Å². The Labute approximate surface area is 124 Å². The molecule has 2 aromatic carbocycles. The van der Waals surface area contributed by atoms with Gasteiger partial charge in [-0.25, -0.2) is 0 Å². The van der Waals surface area contributed by atoms with E-state index in [1.165, 1.54) is 0 Å². The number of carboxylic acid groups (broad SMARTS) is 1. The largest absolute Gasteiger partial charge is 0.496 e. The maximum atomic E-state index is 11.4. The summed E-state index contributed by atoms with van der Waals surface area (Å²) < 4.78 is 5.32. The Bertz CT molecular complexity index is 636. The van der Waals surface area contributed by atoms with Gasteiger partial charge in [-0.05, 0) is 23.4 Å². The van der Waals surface area contributed by atoms with Gasteiger partial charge in [0.25, 0.3) is 0 Å². The molecule has 4 heteroatoms. The molecule has 4 nitrogen and oxygen atoms in total. The molecule has 0 amide bonds. The molecule has 0 bridgehead atoms. The van der Waals surface area contributed by atoms with Crippen molar-refractivity contribution >= 4 is 16.7 Å². The van der Waals surface area contributed by atoms with Crippen LogP contribution in [0.1, 0.15) is 31.4 Å². The quantitative estimate of drug-likeness (QED) is 0.855. The van der Waals surface area contributed by atoms with E-state index in [0.717, 1.165) is 10.8 Å². The van der Waals surface area contributed by atoms with E-state index in [1.807, 2.05) is 31.2 Å². The van der Waals surface area contributed by atoms with Gasteiger partial charge < -0.3 is 14.9 Å². The van der Waals surface area contributed by atoms with E-state index in [-0.39, 0.29) is 0 Å². The first-order valence-corrected chi connectivity index (χ1v) is 7.06. The van der Waals surface area contributed by atoms with E-state index >= 15 is 0 Å². The van der Waals surface area contributed by atoms with E-state index < -0.39 is 18.0 Å².